The summed E-state index contributed by atoms with van der Waals surface area (Å²) < 4.78 is 12.4. The third kappa shape index (κ3) is 4.31. The van der Waals surface area contributed by atoms with Crippen LogP contribution in [0.2, 0.25) is 0 Å². The van der Waals surface area contributed by atoms with Crippen molar-refractivity contribution in [3.8, 4) is 27.8 Å². The molecule has 154 valence electrons. The lowest BCUT2D eigenvalue weighted by atomic mass is 10.1. The third-order valence-corrected chi connectivity index (χ3v) is 6.46. The minimum atomic E-state index is 0.656. The summed E-state index contributed by atoms with van der Waals surface area (Å²) in [5, 5.41) is 15.9. The van der Waals surface area contributed by atoms with Gasteiger partial charge in [-0.2, -0.15) is 4.68 Å². The zero-order valence-electron chi connectivity index (χ0n) is 16.9. The van der Waals surface area contributed by atoms with Crippen molar-refractivity contribution in [3.05, 3.63) is 59.1 Å². The molecule has 7 nitrogen and oxygen atoms in total. The predicted molar refractivity (Wildman–Crippen MR) is 119 cm³/mol. The van der Waals surface area contributed by atoms with Gasteiger partial charge in [0, 0.05) is 22.8 Å². The number of tetrazole rings is 1. The van der Waals surface area contributed by atoms with Crippen LogP contribution in [-0.2, 0) is 12.2 Å². The Morgan fingerprint density at radius 2 is 1.90 bits per heavy atom. The standard InChI is InChI=1S/C21H21N5O2S2/c1-4-14-5-7-15(8-6-14)20-22-16(12-29-20)13-30-21-23-24-25-26(21)18-11-17(27-2)9-10-19(18)28-3/h5-12H,4,13H2,1-3H3. The highest BCUT2D eigenvalue weighted by Crippen LogP contribution is 2.31. The molecule has 0 aliphatic rings. The molecule has 2 aromatic carbocycles. The van der Waals surface area contributed by atoms with Crippen molar-refractivity contribution in [2.24, 2.45) is 0 Å². The Balaban J connectivity index is 1.51. The summed E-state index contributed by atoms with van der Waals surface area (Å²) in [4.78, 5) is 4.77. The van der Waals surface area contributed by atoms with E-state index in [1.807, 2.05) is 18.2 Å². The lowest BCUT2D eigenvalue weighted by Gasteiger charge is -2.10. The molecule has 0 unspecified atom stereocenters. The molecule has 9 heteroatoms. The smallest absolute Gasteiger partial charge is 0.214 e. The summed E-state index contributed by atoms with van der Waals surface area (Å²) >= 11 is 3.17. The van der Waals surface area contributed by atoms with Crippen LogP contribution in [0.15, 0.2) is 53.0 Å². The SMILES string of the molecule is CCc1ccc(-c2nc(CSc3nnnn3-c3cc(OC)ccc3OC)cs2)cc1. The Bertz CT molecular complexity index is 1120. The van der Waals surface area contributed by atoms with Gasteiger partial charge in [-0.15, -0.1) is 16.4 Å². The average molecular weight is 440 g/mol. The van der Waals surface area contributed by atoms with E-state index in [4.69, 9.17) is 14.5 Å². The molecule has 0 spiro atoms. The number of rotatable bonds is 8. The fraction of sp³-hybridized carbons (Fsp3) is 0.238. The number of thioether (sulfide) groups is 1. The van der Waals surface area contributed by atoms with Gasteiger partial charge in [0.05, 0.1) is 19.9 Å². The summed E-state index contributed by atoms with van der Waals surface area (Å²) in [6, 6.07) is 14.1. The number of nitrogens with zero attached hydrogens (tertiary/aromatic N) is 5. The number of hydrogen-bond donors (Lipinski definition) is 0. The molecule has 2 heterocycles. The second-order valence-electron chi connectivity index (χ2n) is 6.39. The van der Waals surface area contributed by atoms with Gasteiger partial charge >= 0.3 is 0 Å². The van der Waals surface area contributed by atoms with Crippen molar-refractivity contribution >= 4 is 23.1 Å². The first-order chi connectivity index (χ1) is 14.7. The number of aromatic nitrogens is 5. The van der Waals surface area contributed by atoms with Crippen LogP contribution in [0, 0.1) is 0 Å². The summed E-state index contributed by atoms with van der Waals surface area (Å²) in [5.74, 6) is 2.03. The number of hydrogen-bond acceptors (Lipinski definition) is 8. The fourth-order valence-corrected chi connectivity index (χ4v) is 4.62. The molecule has 0 bridgehead atoms. The number of benzene rings is 2. The Labute approximate surface area is 183 Å². The van der Waals surface area contributed by atoms with Crippen molar-refractivity contribution in [1.29, 1.82) is 0 Å². The van der Waals surface area contributed by atoms with E-state index in [0.29, 0.717) is 22.4 Å². The molecular weight excluding hydrogens is 418 g/mol. The van der Waals surface area contributed by atoms with Crippen LogP contribution in [0.4, 0.5) is 0 Å². The molecule has 0 saturated carbocycles. The molecule has 4 rings (SSSR count). The highest BCUT2D eigenvalue weighted by molar-refractivity contribution is 7.98. The first-order valence-corrected chi connectivity index (χ1v) is 11.3. The van der Waals surface area contributed by atoms with Crippen LogP contribution < -0.4 is 9.47 Å². The van der Waals surface area contributed by atoms with E-state index < -0.39 is 0 Å². The Hall–Kier alpha value is -2.91. The average Bonchev–Trinajstić information content (AvgIpc) is 3.46. The van der Waals surface area contributed by atoms with Gasteiger partial charge in [-0.3, -0.25) is 0 Å². The first kappa shape index (κ1) is 20.4. The lowest BCUT2D eigenvalue weighted by Crippen LogP contribution is -2.02. The molecule has 0 radical (unpaired) electrons. The van der Waals surface area contributed by atoms with Gasteiger partial charge in [-0.1, -0.05) is 43.0 Å². The van der Waals surface area contributed by atoms with Gasteiger partial charge in [-0.25, -0.2) is 4.98 Å². The molecule has 0 fully saturated rings. The van der Waals surface area contributed by atoms with E-state index in [1.165, 1.54) is 17.3 Å². The Kier molecular flexibility index (Phi) is 6.29. The van der Waals surface area contributed by atoms with Crippen LogP contribution in [-0.4, -0.2) is 39.4 Å². The van der Waals surface area contributed by atoms with Crippen LogP contribution >= 0.6 is 23.1 Å². The van der Waals surface area contributed by atoms with Gasteiger partial charge < -0.3 is 9.47 Å². The normalized spacial score (nSPS) is 10.9. The van der Waals surface area contributed by atoms with E-state index >= 15 is 0 Å². The van der Waals surface area contributed by atoms with Gasteiger partial charge in [-0.05, 0) is 34.5 Å². The lowest BCUT2D eigenvalue weighted by molar-refractivity contribution is 0.399. The maximum atomic E-state index is 5.46. The van der Waals surface area contributed by atoms with E-state index in [0.717, 1.165) is 28.4 Å². The molecule has 30 heavy (non-hydrogen) atoms. The Morgan fingerprint density at radius 3 is 2.63 bits per heavy atom. The second-order valence-corrected chi connectivity index (χ2v) is 8.19. The van der Waals surface area contributed by atoms with Crippen molar-refractivity contribution in [1.82, 2.24) is 25.2 Å². The van der Waals surface area contributed by atoms with Crippen molar-refractivity contribution < 1.29 is 9.47 Å². The van der Waals surface area contributed by atoms with Gasteiger partial charge in [0.25, 0.3) is 0 Å². The van der Waals surface area contributed by atoms with Gasteiger partial charge in [0.15, 0.2) is 0 Å². The predicted octanol–water partition coefficient (Wildman–Crippen LogP) is 4.66. The second kappa shape index (κ2) is 9.27. The summed E-state index contributed by atoms with van der Waals surface area (Å²) in [6.45, 7) is 2.16. The maximum absolute atomic E-state index is 5.46. The molecule has 0 aliphatic carbocycles. The minimum absolute atomic E-state index is 0.656. The number of methoxy groups -OCH3 is 2. The third-order valence-electron chi connectivity index (χ3n) is 4.57. The van der Waals surface area contributed by atoms with E-state index in [9.17, 15) is 0 Å². The molecule has 0 atom stereocenters. The molecular formula is C21H21N5O2S2. The van der Waals surface area contributed by atoms with Crippen molar-refractivity contribution in [2.75, 3.05) is 14.2 Å². The molecule has 2 aromatic heterocycles. The highest BCUT2D eigenvalue weighted by atomic mass is 32.2. The minimum Gasteiger partial charge on any atom is -0.497 e. The first-order valence-electron chi connectivity index (χ1n) is 9.39. The molecule has 0 amide bonds. The van der Waals surface area contributed by atoms with Crippen molar-refractivity contribution in [2.45, 2.75) is 24.3 Å². The van der Waals surface area contributed by atoms with Crippen LogP contribution in [0.3, 0.4) is 0 Å². The summed E-state index contributed by atoms with van der Waals surface area (Å²) in [6.07, 6.45) is 1.03. The number of thiazole rings is 1. The topological polar surface area (TPSA) is 75.0 Å². The molecule has 0 aliphatic heterocycles. The van der Waals surface area contributed by atoms with Gasteiger partial charge in [0.2, 0.25) is 5.16 Å². The summed E-state index contributed by atoms with van der Waals surface area (Å²) in [7, 11) is 3.24. The summed E-state index contributed by atoms with van der Waals surface area (Å²) in [5.41, 5.74) is 4.18. The van der Waals surface area contributed by atoms with Crippen LogP contribution in [0.25, 0.3) is 16.3 Å². The van der Waals surface area contributed by atoms with E-state index in [2.05, 4.69) is 52.1 Å². The number of ether oxygens (including phenoxy) is 2. The van der Waals surface area contributed by atoms with E-state index in [-0.39, 0.29) is 0 Å². The molecule has 4 aromatic rings. The fourth-order valence-electron chi connectivity index (χ4n) is 2.91. The zero-order chi connectivity index (χ0) is 20.9. The maximum Gasteiger partial charge on any atom is 0.214 e. The Morgan fingerprint density at radius 1 is 1.07 bits per heavy atom. The monoisotopic (exact) mass is 439 g/mol. The van der Waals surface area contributed by atoms with Gasteiger partial charge in [0.1, 0.15) is 22.2 Å². The highest BCUT2D eigenvalue weighted by Gasteiger charge is 2.15. The molecule has 0 N–H and O–H groups in total. The van der Waals surface area contributed by atoms with E-state index in [1.54, 1.807) is 30.2 Å². The largest absolute Gasteiger partial charge is 0.497 e. The zero-order valence-corrected chi connectivity index (χ0v) is 18.5. The van der Waals surface area contributed by atoms with Crippen LogP contribution in [0.5, 0.6) is 11.5 Å². The number of aryl methyl sites for hydroxylation is 1. The van der Waals surface area contributed by atoms with Crippen molar-refractivity contribution in [3.63, 3.8) is 0 Å². The molecule has 0 saturated heterocycles. The van der Waals surface area contributed by atoms with Crippen LogP contribution in [0.1, 0.15) is 18.2 Å². The quantitative estimate of drug-likeness (QED) is 0.370.